The van der Waals surface area contributed by atoms with E-state index in [1.165, 1.54) is 5.57 Å². The summed E-state index contributed by atoms with van der Waals surface area (Å²) in [4.78, 5) is 53.3. The van der Waals surface area contributed by atoms with E-state index in [1.807, 2.05) is 24.3 Å². The molecule has 4 saturated carbocycles. The van der Waals surface area contributed by atoms with Gasteiger partial charge < -0.3 is 9.84 Å². The molecule has 6 rings (SSSR count). The molecule has 5 aliphatic carbocycles. The summed E-state index contributed by atoms with van der Waals surface area (Å²) in [7, 11) is 0. The van der Waals surface area contributed by atoms with Crippen molar-refractivity contribution in [2.75, 3.05) is 0 Å². The SMILES string of the molecule is CC(C)C1=C2[C@H]3CC[C@@H]4[C@@]5(C)CC[C@H](OC(=O)CC(C)(C)C(=O)O)C(C)(C)[C@@H]5CC[C@@]4(C)[C@]3(C)CC[C@@]2(C(=O)CCc2cccc(Cl)c2)CC1=O. The molecular weight excluding hydrogens is 660 g/mol. The Morgan fingerprint density at radius 3 is 2.29 bits per heavy atom. The minimum atomic E-state index is -1.17. The molecule has 1 aromatic rings. The largest absolute Gasteiger partial charge is 0.481 e. The van der Waals surface area contributed by atoms with Gasteiger partial charge in [0.2, 0.25) is 0 Å². The highest BCUT2D eigenvalue weighted by atomic mass is 35.5. The van der Waals surface area contributed by atoms with Crippen LogP contribution in [-0.2, 0) is 30.3 Å². The van der Waals surface area contributed by atoms with Gasteiger partial charge in [-0.2, -0.15) is 0 Å². The van der Waals surface area contributed by atoms with Gasteiger partial charge in [0.1, 0.15) is 11.9 Å². The van der Waals surface area contributed by atoms with Crippen molar-refractivity contribution in [2.24, 2.45) is 56.2 Å². The maximum atomic E-state index is 14.6. The lowest BCUT2D eigenvalue weighted by molar-refractivity contribution is -0.233. The molecule has 0 spiro atoms. The van der Waals surface area contributed by atoms with Crippen LogP contribution in [0.2, 0.25) is 5.02 Å². The Labute approximate surface area is 310 Å². The van der Waals surface area contributed by atoms with Gasteiger partial charge in [-0.3, -0.25) is 19.2 Å². The molecule has 280 valence electrons. The number of aliphatic carboxylic acids is 1. The molecule has 0 bridgehead atoms. The standard InChI is InChI=1S/C44H61ClO6/c1-26(2)36-30(46)24-44(33(47)16-13-27-11-10-12-28(45)23-27)22-21-42(8)29(37(36)44)14-15-32-41(7)19-18-34(51-35(48)25-39(3,4)38(49)50)40(5,6)31(41)17-20-43(32,42)9/h10-12,23,26,29,31-32,34H,13-22,24-25H2,1-9H3,(H,49,50)/t29-,31+,32-,34+,41+,42-,43-,44+/m1/s1. The van der Waals surface area contributed by atoms with E-state index in [4.69, 9.17) is 16.3 Å². The topological polar surface area (TPSA) is 97.7 Å². The Hall–Kier alpha value is -2.47. The molecule has 5 aliphatic rings. The molecular formula is C44H61ClO6. The van der Waals surface area contributed by atoms with Crippen molar-refractivity contribution < 1.29 is 29.0 Å². The van der Waals surface area contributed by atoms with E-state index in [-0.39, 0.29) is 57.6 Å². The Morgan fingerprint density at radius 1 is 0.941 bits per heavy atom. The van der Waals surface area contributed by atoms with Crippen LogP contribution in [0.15, 0.2) is 35.4 Å². The second-order valence-corrected chi connectivity index (χ2v) is 20.0. The van der Waals surface area contributed by atoms with E-state index in [1.54, 1.807) is 13.8 Å². The Bertz CT molecular complexity index is 1650. The number of fused-ring (bicyclic) bond motifs is 7. The number of Topliss-reactive ketones (excluding diaryl/α,β-unsaturated/α-hetero) is 2. The summed E-state index contributed by atoms with van der Waals surface area (Å²) in [6.45, 7) is 19.5. The lowest BCUT2D eigenvalue weighted by atomic mass is 9.33. The fourth-order valence-electron chi connectivity index (χ4n) is 13.0. The highest BCUT2D eigenvalue weighted by Crippen LogP contribution is 2.77. The molecule has 1 aromatic carbocycles. The monoisotopic (exact) mass is 720 g/mol. The van der Waals surface area contributed by atoms with Gasteiger partial charge in [0, 0.05) is 23.3 Å². The van der Waals surface area contributed by atoms with Gasteiger partial charge in [0.15, 0.2) is 5.78 Å². The first kappa shape index (κ1) is 38.3. The molecule has 1 N–H and O–H groups in total. The molecule has 6 nitrogen and oxygen atoms in total. The second-order valence-electron chi connectivity index (χ2n) is 19.5. The number of carbonyl (C=O) groups excluding carboxylic acids is 3. The molecule has 51 heavy (non-hydrogen) atoms. The van der Waals surface area contributed by atoms with Gasteiger partial charge in [-0.05, 0) is 140 Å². The third-order valence-electron chi connectivity index (χ3n) is 15.9. The zero-order valence-corrected chi connectivity index (χ0v) is 33.3. The Kier molecular flexibility index (Phi) is 9.63. The third kappa shape index (κ3) is 5.87. The molecule has 4 fully saturated rings. The molecule has 0 heterocycles. The van der Waals surface area contributed by atoms with Crippen molar-refractivity contribution in [1.82, 2.24) is 0 Å². The van der Waals surface area contributed by atoms with Gasteiger partial charge in [-0.25, -0.2) is 0 Å². The minimum Gasteiger partial charge on any atom is -0.481 e. The first-order valence-electron chi connectivity index (χ1n) is 19.6. The summed E-state index contributed by atoms with van der Waals surface area (Å²) in [6.07, 6.45) is 8.56. The molecule has 8 atom stereocenters. The molecule has 0 amide bonds. The van der Waals surface area contributed by atoms with Gasteiger partial charge >= 0.3 is 11.9 Å². The van der Waals surface area contributed by atoms with Crippen LogP contribution in [0.1, 0.15) is 139 Å². The van der Waals surface area contributed by atoms with Crippen molar-refractivity contribution >= 4 is 35.1 Å². The van der Waals surface area contributed by atoms with Gasteiger partial charge in [0.25, 0.3) is 0 Å². The number of aryl methyl sites for hydroxylation is 1. The average molecular weight is 721 g/mol. The van der Waals surface area contributed by atoms with Crippen molar-refractivity contribution in [3.63, 3.8) is 0 Å². The molecule has 7 heteroatoms. The number of ether oxygens (including phenoxy) is 1. The van der Waals surface area contributed by atoms with E-state index < -0.39 is 22.8 Å². The van der Waals surface area contributed by atoms with Crippen LogP contribution < -0.4 is 0 Å². The number of hydrogen-bond acceptors (Lipinski definition) is 5. The van der Waals surface area contributed by atoms with Crippen LogP contribution in [0.4, 0.5) is 0 Å². The van der Waals surface area contributed by atoms with E-state index in [9.17, 15) is 24.3 Å². The van der Waals surface area contributed by atoms with E-state index >= 15 is 0 Å². The van der Waals surface area contributed by atoms with Gasteiger partial charge in [-0.15, -0.1) is 0 Å². The zero-order valence-electron chi connectivity index (χ0n) is 32.5. The lowest BCUT2D eigenvalue weighted by Gasteiger charge is -2.72. The second kappa shape index (κ2) is 12.8. The summed E-state index contributed by atoms with van der Waals surface area (Å²) in [5.74, 6) is 0.106. The molecule has 0 aromatic heterocycles. The number of ketones is 2. The van der Waals surface area contributed by atoms with Crippen molar-refractivity contribution in [1.29, 1.82) is 0 Å². The third-order valence-corrected chi connectivity index (χ3v) is 16.1. The van der Waals surface area contributed by atoms with Crippen LogP contribution in [-0.4, -0.2) is 34.7 Å². The molecule has 0 aliphatic heterocycles. The fourth-order valence-corrected chi connectivity index (χ4v) is 13.2. The van der Waals surface area contributed by atoms with Crippen LogP contribution in [0.5, 0.6) is 0 Å². The predicted molar refractivity (Wildman–Crippen MR) is 200 cm³/mol. The smallest absolute Gasteiger partial charge is 0.309 e. The number of allylic oxidation sites excluding steroid dienone is 2. The fraction of sp³-hybridized carbons (Fsp3) is 0.727. The van der Waals surface area contributed by atoms with Crippen molar-refractivity contribution in [3.8, 4) is 0 Å². The first-order chi connectivity index (χ1) is 23.6. The highest BCUT2D eigenvalue weighted by Gasteiger charge is 2.71. The average Bonchev–Trinajstić information content (AvgIpc) is 3.34. The highest BCUT2D eigenvalue weighted by molar-refractivity contribution is 6.30. The number of esters is 1. The summed E-state index contributed by atoms with van der Waals surface area (Å²) in [6, 6.07) is 7.77. The number of carboxylic acid groups (broad SMARTS) is 1. The minimum absolute atomic E-state index is 0.0307. The summed E-state index contributed by atoms with van der Waals surface area (Å²) in [5.41, 5.74) is 1.13. The number of hydrogen-bond donors (Lipinski definition) is 1. The Balaban J connectivity index is 1.29. The van der Waals surface area contributed by atoms with Crippen molar-refractivity contribution in [3.05, 3.63) is 46.0 Å². The normalized spacial score (nSPS) is 37.3. The molecule has 0 radical (unpaired) electrons. The van der Waals surface area contributed by atoms with Crippen molar-refractivity contribution in [2.45, 2.75) is 145 Å². The van der Waals surface area contributed by atoms with E-state index in [0.717, 1.165) is 62.5 Å². The quantitative estimate of drug-likeness (QED) is 0.255. The maximum Gasteiger partial charge on any atom is 0.309 e. The number of halogens is 1. The maximum absolute atomic E-state index is 14.6. The number of rotatable bonds is 9. The first-order valence-corrected chi connectivity index (χ1v) is 20.0. The van der Waals surface area contributed by atoms with E-state index in [2.05, 4.69) is 48.5 Å². The van der Waals surface area contributed by atoms with Crippen LogP contribution in [0.3, 0.4) is 0 Å². The predicted octanol–water partition coefficient (Wildman–Crippen LogP) is 10.2. The lowest BCUT2D eigenvalue weighted by Crippen LogP contribution is -2.66. The van der Waals surface area contributed by atoms with Crippen LogP contribution >= 0.6 is 11.6 Å². The van der Waals surface area contributed by atoms with Gasteiger partial charge in [-0.1, -0.05) is 72.2 Å². The number of carboxylic acids is 1. The molecule has 0 unspecified atom stereocenters. The summed E-state index contributed by atoms with van der Waals surface area (Å²) >= 11 is 6.28. The summed E-state index contributed by atoms with van der Waals surface area (Å²) < 4.78 is 6.15. The molecule has 0 saturated heterocycles. The number of carbonyl (C=O) groups is 4. The zero-order chi connectivity index (χ0) is 37.5. The van der Waals surface area contributed by atoms with Gasteiger partial charge in [0.05, 0.1) is 17.3 Å². The Morgan fingerprint density at radius 2 is 1.65 bits per heavy atom. The number of benzene rings is 1. The van der Waals surface area contributed by atoms with Crippen LogP contribution in [0, 0.1) is 56.2 Å². The summed E-state index contributed by atoms with van der Waals surface area (Å²) in [5, 5.41) is 10.3. The van der Waals surface area contributed by atoms with Crippen LogP contribution in [0.25, 0.3) is 0 Å². The van der Waals surface area contributed by atoms with E-state index in [0.29, 0.717) is 36.1 Å².